The second kappa shape index (κ2) is 7.38. The zero-order valence-corrected chi connectivity index (χ0v) is 11.2. The van der Waals surface area contributed by atoms with E-state index >= 15 is 0 Å². The smallest absolute Gasteiger partial charge is 0.0431 e. The first kappa shape index (κ1) is 13.4. The Morgan fingerprint density at radius 1 is 0.882 bits per heavy atom. The Morgan fingerprint density at radius 3 is 2.29 bits per heavy atom. The summed E-state index contributed by atoms with van der Waals surface area (Å²) in [6.07, 6.45) is 13.6. The van der Waals surface area contributed by atoms with Gasteiger partial charge >= 0.3 is 0 Å². The van der Waals surface area contributed by atoms with Crippen molar-refractivity contribution in [2.45, 2.75) is 70.3 Å². The number of unbranched alkanes of at least 4 members (excludes halogenated alkanes) is 2. The minimum atomic E-state index is 0.367. The second-order valence-corrected chi connectivity index (χ2v) is 6.01. The topological polar surface area (TPSA) is 23.5 Å². The molecule has 0 atom stereocenters. The summed E-state index contributed by atoms with van der Waals surface area (Å²) < 4.78 is 0. The first-order chi connectivity index (χ1) is 8.40. The number of nitrogens with zero attached hydrogens (tertiary/aromatic N) is 1. The molecule has 2 rings (SSSR count). The van der Waals surface area contributed by atoms with Crippen LogP contribution >= 0.6 is 0 Å². The SMILES string of the molecule is OCCCCCN(CC1CC1)C1CCCCC1. The predicted molar refractivity (Wildman–Crippen MR) is 72.1 cm³/mol. The molecule has 0 saturated heterocycles. The maximum Gasteiger partial charge on any atom is 0.0431 e. The Morgan fingerprint density at radius 2 is 1.65 bits per heavy atom. The average Bonchev–Trinajstić information content (AvgIpc) is 3.18. The number of aliphatic hydroxyl groups excluding tert-OH is 1. The van der Waals surface area contributed by atoms with E-state index in [1.165, 1.54) is 70.9 Å². The fourth-order valence-corrected chi connectivity index (χ4v) is 3.10. The molecule has 2 saturated carbocycles. The molecule has 2 nitrogen and oxygen atoms in total. The molecule has 0 amide bonds. The standard InChI is InChI=1S/C15H29NO/c17-12-6-2-5-11-16(13-14-9-10-14)15-7-3-1-4-8-15/h14-15,17H,1-13H2. The van der Waals surface area contributed by atoms with E-state index in [0.717, 1.165) is 18.4 Å². The van der Waals surface area contributed by atoms with Gasteiger partial charge in [-0.3, -0.25) is 0 Å². The molecule has 0 aromatic carbocycles. The Bertz CT molecular complexity index is 197. The van der Waals surface area contributed by atoms with E-state index in [1.54, 1.807) is 0 Å². The number of aliphatic hydroxyl groups is 1. The quantitative estimate of drug-likeness (QED) is 0.658. The van der Waals surface area contributed by atoms with Crippen LogP contribution in [0.4, 0.5) is 0 Å². The minimum absolute atomic E-state index is 0.367. The lowest BCUT2D eigenvalue weighted by atomic mass is 9.93. The highest BCUT2D eigenvalue weighted by molar-refractivity contribution is 4.82. The third kappa shape index (κ3) is 4.97. The van der Waals surface area contributed by atoms with Crippen LogP contribution in [0.1, 0.15) is 64.2 Å². The van der Waals surface area contributed by atoms with Gasteiger partial charge in [-0.15, -0.1) is 0 Å². The Balaban J connectivity index is 1.70. The van der Waals surface area contributed by atoms with Crippen molar-refractivity contribution < 1.29 is 5.11 Å². The van der Waals surface area contributed by atoms with Gasteiger partial charge in [0.15, 0.2) is 0 Å². The molecule has 17 heavy (non-hydrogen) atoms. The molecule has 0 aromatic heterocycles. The van der Waals surface area contributed by atoms with E-state index in [1.807, 2.05) is 0 Å². The van der Waals surface area contributed by atoms with E-state index in [0.29, 0.717) is 6.61 Å². The molecule has 0 heterocycles. The lowest BCUT2D eigenvalue weighted by Gasteiger charge is -2.34. The van der Waals surface area contributed by atoms with Gasteiger partial charge in [-0.2, -0.15) is 0 Å². The molecule has 0 spiro atoms. The minimum Gasteiger partial charge on any atom is -0.396 e. The maximum absolute atomic E-state index is 8.82. The molecule has 0 bridgehead atoms. The van der Waals surface area contributed by atoms with Gasteiger partial charge in [0.1, 0.15) is 0 Å². The highest BCUT2D eigenvalue weighted by Gasteiger charge is 2.28. The van der Waals surface area contributed by atoms with Gasteiger partial charge in [0, 0.05) is 19.2 Å². The van der Waals surface area contributed by atoms with Gasteiger partial charge in [0.2, 0.25) is 0 Å². The van der Waals surface area contributed by atoms with E-state index < -0.39 is 0 Å². The summed E-state index contributed by atoms with van der Waals surface area (Å²) >= 11 is 0. The van der Waals surface area contributed by atoms with Crippen LogP contribution in [-0.2, 0) is 0 Å². The van der Waals surface area contributed by atoms with Crippen LogP contribution in [-0.4, -0.2) is 35.7 Å². The molecule has 2 heteroatoms. The molecule has 2 aliphatic carbocycles. The second-order valence-electron chi connectivity index (χ2n) is 6.01. The van der Waals surface area contributed by atoms with Crippen LogP contribution in [0.25, 0.3) is 0 Å². The molecule has 0 unspecified atom stereocenters. The number of hydrogen-bond acceptors (Lipinski definition) is 2. The molecule has 0 aromatic rings. The fourth-order valence-electron chi connectivity index (χ4n) is 3.10. The number of hydrogen-bond donors (Lipinski definition) is 1. The fraction of sp³-hybridized carbons (Fsp3) is 1.00. The zero-order chi connectivity index (χ0) is 11.9. The first-order valence-electron chi connectivity index (χ1n) is 7.75. The van der Waals surface area contributed by atoms with Crippen LogP contribution < -0.4 is 0 Å². The van der Waals surface area contributed by atoms with Crippen LogP contribution in [0.2, 0.25) is 0 Å². The van der Waals surface area contributed by atoms with Gasteiger partial charge in [-0.1, -0.05) is 19.3 Å². The van der Waals surface area contributed by atoms with E-state index in [-0.39, 0.29) is 0 Å². The molecule has 0 radical (unpaired) electrons. The lowest BCUT2D eigenvalue weighted by molar-refractivity contribution is 0.145. The van der Waals surface area contributed by atoms with Gasteiger partial charge in [-0.05, 0) is 57.4 Å². The van der Waals surface area contributed by atoms with Gasteiger partial charge < -0.3 is 10.0 Å². The lowest BCUT2D eigenvalue weighted by Crippen LogP contribution is -2.38. The highest BCUT2D eigenvalue weighted by Crippen LogP contribution is 2.32. The molecule has 100 valence electrons. The Hall–Kier alpha value is -0.0800. The van der Waals surface area contributed by atoms with Crippen molar-refractivity contribution in [2.75, 3.05) is 19.7 Å². The summed E-state index contributed by atoms with van der Waals surface area (Å²) in [7, 11) is 0. The van der Waals surface area contributed by atoms with Crippen LogP contribution in [0, 0.1) is 5.92 Å². The summed E-state index contributed by atoms with van der Waals surface area (Å²) in [5.41, 5.74) is 0. The third-order valence-corrected chi connectivity index (χ3v) is 4.38. The highest BCUT2D eigenvalue weighted by atomic mass is 16.2. The van der Waals surface area contributed by atoms with Crippen molar-refractivity contribution in [2.24, 2.45) is 5.92 Å². The predicted octanol–water partition coefficient (Wildman–Crippen LogP) is 3.19. The van der Waals surface area contributed by atoms with E-state index in [2.05, 4.69) is 4.90 Å². The molecule has 0 aliphatic heterocycles. The maximum atomic E-state index is 8.82. The molecule has 1 N–H and O–H groups in total. The van der Waals surface area contributed by atoms with Crippen molar-refractivity contribution >= 4 is 0 Å². The summed E-state index contributed by atoms with van der Waals surface area (Å²) in [5, 5.41) is 8.82. The van der Waals surface area contributed by atoms with Crippen LogP contribution in [0.5, 0.6) is 0 Å². The van der Waals surface area contributed by atoms with Gasteiger partial charge in [-0.25, -0.2) is 0 Å². The summed E-state index contributed by atoms with van der Waals surface area (Å²) in [6, 6.07) is 0.887. The first-order valence-corrected chi connectivity index (χ1v) is 7.75. The zero-order valence-electron chi connectivity index (χ0n) is 11.2. The van der Waals surface area contributed by atoms with E-state index in [9.17, 15) is 0 Å². The van der Waals surface area contributed by atoms with Crippen molar-refractivity contribution in [1.82, 2.24) is 4.90 Å². The molecule has 2 aliphatic rings. The molecular formula is C15H29NO. The largest absolute Gasteiger partial charge is 0.396 e. The van der Waals surface area contributed by atoms with Crippen molar-refractivity contribution in [1.29, 1.82) is 0 Å². The van der Waals surface area contributed by atoms with E-state index in [4.69, 9.17) is 5.11 Å². The molecular weight excluding hydrogens is 210 g/mol. The van der Waals surface area contributed by atoms with Crippen LogP contribution in [0.3, 0.4) is 0 Å². The van der Waals surface area contributed by atoms with Gasteiger partial charge in [0.05, 0.1) is 0 Å². The Kier molecular flexibility index (Phi) is 5.79. The van der Waals surface area contributed by atoms with Crippen molar-refractivity contribution in [3.63, 3.8) is 0 Å². The van der Waals surface area contributed by atoms with Crippen LogP contribution in [0.15, 0.2) is 0 Å². The van der Waals surface area contributed by atoms with Crippen molar-refractivity contribution in [3.05, 3.63) is 0 Å². The summed E-state index contributed by atoms with van der Waals surface area (Å²) in [4.78, 5) is 2.79. The molecule has 2 fully saturated rings. The normalized spacial score (nSPS) is 22.2. The van der Waals surface area contributed by atoms with Crippen molar-refractivity contribution in [3.8, 4) is 0 Å². The number of rotatable bonds is 8. The summed E-state index contributed by atoms with van der Waals surface area (Å²) in [6.45, 7) is 3.01. The third-order valence-electron chi connectivity index (χ3n) is 4.38. The van der Waals surface area contributed by atoms with Gasteiger partial charge in [0.25, 0.3) is 0 Å². The Labute approximate surface area is 106 Å². The summed E-state index contributed by atoms with van der Waals surface area (Å²) in [5.74, 6) is 1.02. The monoisotopic (exact) mass is 239 g/mol. The average molecular weight is 239 g/mol.